The predicted molar refractivity (Wildman–Crippen MR) is 93.3 cm³/mol. The van der Waals surface area contributed by atoms with Crippen LogP contribution in [-0.2, 0) is 15.9 Å². The highest BCUT2D eigenvalue weighted by atomic mass is 32.2. The Morgan fingerprint density at radius 2 is 1.96 bits per heavy atom. The Bertz CT molecular complexity index is 1000. The van der Waals surface area contributed by atoms with Crippen LogP contribution in [0, 0.1) is 10.1 Å². The molecule has 11 heteroatoms. The zero-order chi connectivity index (χ0) is 18.6. The van der Waals surface area contributed by atoms with Gasteiger partial charge in [-0.05, 0) is 24.3 Å². The van der Waals surface area contributed by atoms with Gasteiger partial charge in [-0.2, -0.15) is 8.42 Å². The molecule has 2 aromatic heterocycles. The topological polar surface area (TPSA) is 128 Å². The lowest BCUT2D eigenvalue weighted by Gasteiger charge is -2.03. The normalized spacial score (nSPS) is 11.2. The number of H-pyrrole nitrogens is 1. The van der Waals surface area contributed by atoms with Crippen LogP contribution in [0.1, 0.15) is 5.69 Å². The van der Waals surface area contributed by atoms with E-state index in [4.69, 9.17) is 4.18 Å². The van der Waals surface area contributed by atoms with Crippen molar-refractivity contribution in [3.05, 3.63) is 70.5 Å². The van der Waals surface area contributed by atoms with Gasteiger partial charge in [0.05, 0.1) is 9.95 Å². The molecule has 134 valence electrons. The molecule has 0 aliphatic heterocycles. The smallest absolute Gasteiger partial charge is 0.340 e. The van der Waals surface area contributed by atoms with Crippen molar-refractivity contribution in [1.82, 2.24) is 15.2 Å². The number of non-ortho nitro benzene ring substituents is 1. The second-order valence-corrected chi connectivity index (χ2v) is 7.52. The highest BCUT2D eigenvalue weighted by Crippen LogP contribution is 2.23. The number of pyridine rings is 1. The fourth-order valence-electron chi connectivity index (χ4n) is 1.94. The molecule has 0 atom stereocenters. The number of hydrogen-bond donors (Lipinski definition) is 1. The first kappa shape index (κ1) is 17.9. The summed E-state index contributed by atoms with van der Waals surface area (Å²) >= 11 is 1.45. The van der Waals surface area contributed by atoms with E-state index in [1.54, 1.807) is 6.20 Å². The Morgan fingerprint density at radius 3 is 2.62 bits per heavy atom. The number of thioether (sulfide) groups is 1. The fourth-order valence-corrected chi connectivity index (χ4v) is 3.57. The van der Waals surface area contributed by atoms with Gasteiger partial charge >= 0.3 is 10.1 Å². The van der Waals surface area contributed by atoms with Crippen LogP contribution in [0.25, 0.3) is 0 Å². The minimum absolute atomic E-state index is 0.111. The molecule has 0 amide bonds. The van der Waals surface area contributed by atoms with Gasteiger partial charge < -0.3 is 4.18 Å². The van der Waals surface area contributed by atoms with E-state index in [1.807, 2.05) is 18.2 Å². The minimum atomic E-state index is -4.13. The Morgan fingerprint density at radius 1 is 1.19 bits per heavy atom. The van der Waals surface area contributed by atoms with Crippen molar-refractivity contribution in [2.45, 2.75) is 15.7 Å². The minimum Gasteiger partial charge on any atom is -0.357 e. The van der Waals surface area contributed by atoms with Gasteiger partial charge in [0, 0.05) is 35.8 Å². The van der Waals surface area contributed by atoms with Crippen molar-refractivity contribution >= 4 is 27.6 Å². The lowest BCUT2D eigenvalue weighted by molar-refractivity contribution is -0.384. The SMILES string of the molecule is O=[N+]([O-])c1ccc(S(=O)(=O)Oc2cc(CSc3ccccn3)[nH]n2)cc1. The van der Waals surface area contributed by atoms with Gasteiger partial charge in [-0.25, -0.2) is 4.98 Å². The second-order valence-electron chi connectivity index (χ2n) is 4.98. The van der Waals surface area contributed by atoms with Crippen LogP contribution in [0.4, 0.5) is 5.69 Å². The average Bonchev–Trinajstić information content (AvgIpc) is 3.07. The van der Waals surface area contributed by atoms with Crippen LogP contribution in [0.15, 0.2) is 64.6 Å². The van der Waals surface area contributed by atoms with E-state index in [0.717, 1.165) is 29.3 Å². The van der Waals surface area contributed by atoms with Crippen molar-refractivity contribution in [3.63, 3.8) is 0 Å². The molecule has 1 N–H and O–H groups in total. The lowest BCUT2D eigenvalue weighted by Crippen LogP contribution is -2.10. The van der Waals surface area contributed by atoms with Crippen LogP contribution in [0.3, 0.4) is 0 Å². The lowest BCUT2D eigenvalue weighted by atomic mass is 10.3. The summed E-state index contributed by atoms with van der Waals surface area (Å²) in [5, 5.41) is 18.0. The summed E-state index contributed by atoms with van der Waals surface area (Å²) in [6.07, 6.45) is 1.68. The zero-order valence-corrected chi connectivity index (χ0v) is 14.7. The number of aromatic nitrogens is 3. The summed E-state index contributed by atoms with van der Waals surface area (Å²) in [6, 6.07) is 11.4. The quantitative estimate of drug-likeness (QED) is 0.281. The zero-order valence-electron chi connectivity index (χ0n) is 13.1. The first-order chi connectivity index (χ1) is 12.4. The highest BCUT2D eigenvalue weighted by Gasteiger charge is 2.19. The molecule has 9 nitrogen and oxygen atoms in total. The average molecular weight is 392 g/mol. The number of hydrogen-bond acceptors (Lipinski definition) is 8. The Hall–Kier alpha value is -2.92. The summed E-state index contributed by atoms with van der Waals surface area (Å²) in [7, 11) is -4.13. The van der Waals surface area contributed by atoms with Crippen LogP contribution >= 0.6 is 11.8 Å². The van der Waals surface area contributed by atoms with Gasteiger partial charge in [0.1, 0.15) is 4.90 Å². The van der Waals surface area contributed by atoms with Gasteiger partial charge in [0.2, 0.25) is 0 Å². The summed E-state index contributed by atoms with van der Waals surface area (Å²) in [5.74, 6) is 0.394. The van der Waals surface area contributed by atoms with E-state index in [9.17, 15) is 18.5 Å². The molecule has 3 rings (SSSR count). The molecule has 0 fully saturated rings. The Kier molecular flexibility index (Phi) is 5.19. The molecule has 0 unspecified atom stereocenters. The number of nitro benzene ring substituents is 1. The number of nitrogens with one attached hydrogen (secondary N) is 1. The number of nitro groups is 1. The van der Waals surface area contributed by atoms with Crippen molar-refractivity contribution < 1.29 is 17.5 Å². The third kappa shape index (κ3) is 4.37. The molecular formula is C15H12N4O5S2. The molecule has 0 aliphatic rings. The summed E-state index contributed by atoms with van der Waals surface area (Å²) in [6.45, 7) is 0. The predicted octanol–water partition coefficient (Wildman–Crippen LogP) is 2.77. The Labute approximate surface area is 152 Å². The third-order valence-corrected chi connectivity index (χ3v) is 5.38. The molecule has 2 heterocycles. The van der Waals surface area contributed by atoms with Gasteiger partial charge in [0.25, 0.3) is 11.6 Å². The number of nitrogens with zero attached hydrogens (tertiary/aromatic N) is 3. The van der Waals surface area contributed by atoms with E-state index in [2.05, 4.69) is 15.2 Å². The van der Waals surface area contributed by atoms with E-state index < -0.39 is 15.0 Å². The summed E-state index contributed by atoms with van der Waals surface area (Å²) in [4.78, 5) is 14.0. The summed E-state index contributed by atoms with van der Waals surface area (Å²) in [5.41, 5.74) is 0.451. The monoisotopic (exact) mass is 392 g/mol. The van der Waals surface area contributed by atoms with Crippen molar-refractivity contribution in [2.24, 2.45) is 0 Å². The van der Waals surface area contributed by atoms with Crippen LogP contribution in [0.5, 0.6) is 5.88 Å². The summed E-state index contributed by atoms with van der Waals surface area (Å²) < 4.78 is 29.4. The van der Waals surface area contributed by atoms with Gasteiger partial charge in [-0.1, -0.05) is 6.07 Å². The molecule has 0 saturated heterocycles. The molecule has 0 bridgehead atoms. The van der Waals surface area contributed by atoms with E-state index in [-0.39, 0.29) is 16.5 Å². The Balaban J connectivity index is 1.66. The molecule has 0 aliphatic carbocycles. The first-order valence-electron chi connectivity index (χ1n) is 7.21. The number of benzene rings is 1. The van der Waals surface area contributed by atoms with Crippen LogP contribution in [0.2, 0.25) is 0 Å². The van der Waals surface area contributed by atoms with Crippen molar-refractivity contribution in [1.29, 1.82) is 0 Å². The van der Waals surface area contributed by atoms with Gasteiger partial charge in [-0.3, -0.25) is 15.2 Å². The molecule has 0 saturated carbocycles. The number of rotatable bonds is 7. The van der Waals surface area contributed by atoms with E-state index in [1.165, 1.54) is 17.8 Å². The molecule has 26 heavy (non-hydrogen) atoms. The van der Waals surface area contributed by atoms with E-state index >= 15 is 0 Å². The van der Waals surface area contributed by atoms with Gasteiger partial charge in [0.15, 0.2) is 0 Å². The molecule has 0 radical (unpaired) electrons. The standard InChI is InChI=1S/C15H12N4O5S2/c20-19(21)12-4-6-13(7-5-12)26(22,23)24-14-9-11(17-18-14)10-25-15-3-1-2-8-16-15/h1-9H,10H2,(H,17,18). The maximum absolute atomic E-state index is 12.2. The second kappa shape index (κ2) is 7.54. The fraction of sp³-hybridized carbons (Fsp3) is 0.0667. The van der Waals surface area contributed by atoms with Crippen LogP contribution < -0.4 is 4.18 Å². The van der Waals surface area contributed by atoms with E-state index in [0.29, 0.717) is 11.4 Å². The largest absolute Gasteiger partial charge is 0.357 e. The van der Waals surface area contributed by atoms with Crippen LogP contribution in [-0.4, -0.2) is 28.5 Å². The number of aromatic amines is 1. The maximum atomic E-state index is 12.2. The molecular weight excluding hydrogens is 380 g/mol. The molecule has 3 aromatic rings. The maximum Gasteiger partial charge on any atom is 0.340 e. The highest BCUT2D eigenvalue weighted by molar-refractivity contribution is 7.98. The van der Waals surface area contributed by atoms with Crippen molar-refractivity contribution in [3.8, 4) is 5.88 Å². The molecule has 1 aromatic carbocycles. The third-order valence-electron chi connectivity index (χ3n) is 3.15. The van der Waals surface area contributed by atoms with Crippen molar-refractivity contribution in [2.75, 3.05) is 0 Å². The van der Waals surface area contributed by atoms with Gasteiger partial charge in [-0.15, -0.1) is 16.9 Å². The molecule has 0 spiro atoms. The first-order valence-corrected chi connectivity index (χ1v) is 9.60.